The molecule has 1 N–H and O–H groups in total. The van der Waals surface area contributed by atoms with E-state index >= 15 is 0 Å². The number of esters is 2. The molecule has 0 aromatic rings. The first-order valence-electron chi connectivity index (χ1n) is 21.3. The van der Waals surface area contributed by atoms with E-state index in [4.69, 9.17) is 14.2 Å². The van der Waals surface area contributed by atoms with Gasteiger partial charge in [0.25, 0.3) is 0 Å². The van der Waals surface area contributed by atoms with E-state index in [0.717, 1.165) is 64.2 Å². The molecule has 0 aromatic heterocycles. The normalized spacial score (nSPS) is 13.9. The Balaban J connectivity index is 4.42. The summed E-state index contributed by atoms with van der Waals surface area (Å²) < 4.78 is 17.1. The first kappa shape index (κ1) is 52.2. The van der Waals surface area contributed by atoms with Crippen LogP contribution in [0.25, 0.3) is 0 Å². The van der Waals surface area contributed by atoms with Gasteiger partial charge in [0, 0.05) is 19.3 Å². The highest BCUT2D eigenvalue weighted by Gasteiger charge is 2.31. The van der Waals surface area contributed by atoms with Gasteiger partial charge in [0.2, 0.25) is 0 Å². The van der Waals surface area contributed by atoms with E-state index in [1.165, 1.54) is 25.7 Å². The van der Waals surface area contributed by atoms with Gasteiger partial charge in [0.15, 0.2) is 12.1 Å². The summed E-state index contributed by atoms with van der Waals surface area (Å²) in [6.07, 6.45) is 50.5. The molecule has 0 aromatic carbocycles. The number of allylic oxidation sites excluding steroid dienone is 16. The van der Waals surface area contributed by atoms with Gasteiger partial charge < -0.3 is 23.8 Å². The smallest absolute Gasteiger partial charge is 0.362 e. The van der Waals surface area contributed by atoms with Crippen LogP contribution in [0.15, 0.2) is 97.2 Å². The second kappa shape index (κ2) is 38.1. The molecule has 0 heterocycles. The van der Waals surface area contributed by atoms with Crippen LogP contribution in [-0.4, -0.2) is 80.6 Å². The quantitative estimate of drug-likeness (QED) is 0.0292. The Hall–Kier alpha value is -3.75. The maximum Gasteiger partial charge on any atom is 0.362 e. The maximum absolute atomic E-state index is 12.6. The molecule has 8 heteroatoms. The van der Waals surface area contributed by atoms with Crippen LogP contribution in [0, 0.1) is 0 Å². The van der Waals surface area contributed by atoms with Crippen molar-refractivity contribution in [2.24, 2.45) is 0 Å². The monoisotopic (exact) mass is 781 g/mol. The van der Waals surface area contributed by atoms with Crippen LogP contribution in [0.1, 0.15) is 136 Å². The summed E-state index contributed by atoms with van der Waals surface area (Å²) in [4.78, 5) is 36.8. The molecule has 0 radical (unpaired) electrons. The van der Waals surface area contributed by atoms with Gasteiger partial charge in [-0.2, -0.15) is 0 Å². The lowest BCUT2D eigenvalue weighted by Crippen LogP contribution is -2.50. The van der Waals surface area contributed by atoms with Crippen molar-refractivity contribution in [3.05, 3.63) is 97.2 Å². The van der Waals surface area contributed by atoms with Gasteiger partial charge in [-0.05, 0) is 83.5 Å². The number of quaternary nitrogens is 1. The number of nitrogens with zero attached hydrogens (tertiary/aromatic N) is 1. The lowest BCUT2D eigenvalue weighted by Gasteiger charge is -2.31. The zero-order valence-electron chi connectivity index (χ0n) is 35.8. The molecule has 0 saturated heterocycles. The van der Waals surface area contributed by atoms with Crippen LogP contribution in [0.3, 0.4) is 0 Å². The number of carbonyl (C=O) groups excluding carboxylic acids is 2. The number of carboxylic acid groups (broad SMARTS) is 1. The van der Waals surface area contributed by atoms with Crippen LogP contribution in [0.5, 0.6) is 0 Å². The van der Waals surface area contributed by atoms with Gasteiger partial charge in [0.05, 0.1) is 34.4 Å². The molecule has 0 spiro atoms. The van der Waals surface area contributed by atoms with E-state index in [2.05, 4.69) is 111 Å². The lowest BCUT2D eigenvalue weighted by molar-refractivity contribution is -0.887. The van der Waals surface area contributed by atoms with E-state index in [9.17, 15) is 19.5 Å². The predicted molar refractivity (Wildman–Crippen MR) is 233 cm³/mol. The third-order valence-electron chi connectivity index (χ3n) is 8.72. The summed E-state index contributed by atoms with van der Waals surface area (Å²) in [6.45, 7) is 4.46. The fraction of sp³-hybridized carbons (Fsp3) is 0.604. The highest BCUT2D eigenvalue weighted by molar-refractivity contribution is 5.72. The second-order valence-corrected chi connectivity index (χ2v) is 14.9. The molecule has 0 saturated carbocycles. The minimum atomic E-state index is -0.892. The molecular formula is C48H78NO7+. The number of hydrogen-bond donors (Lipinski definition) is 1. The van der Waals surface area contributed by atoms with Crippen molar-refractivity contribution in [3.63, 3.8) is 0 Å². The zero-order chi connectivity index (χ0) is 41.4. The maximum atomic E-state index is 12.6. The SMILES string of the molecule is CC/C=C/C/C=C/C/C=C/C/C=C/C/C=C/C/C=C/C/C=C/CCCC(=O)OCC(COCCC(C(=O)O)[N+](C)(C)C)OC(=O)CCC/C=C/CCCCCC. The Morgan fingerprint density at radius 2 is 1.00 bits per heavy atom. The van der Waals surface area contributed by atoms with Crippen molar-refractivity contribution in [1.29, 1.82) is 0 Å². The molecule has 0 bridgehead atoms. The number of unbranched alkanes of at least 4 members (excludes halogenated alkanes) is 6. The third kappa shape index (κ3) is 35.9. The van der Waals surface area contributed by atoms with Gasteiger partial charge >= 0.3 is 17.9 Å². The standard InChI is InChI=1S/C48H77NO7/c1-6-8-10-12-14-16-17-18-19-20-21-22-23-24-25-26-27-28-29-31-32-34-36-38-46(50)55-43-44(42-54-41-40-45(48(52)53)49(3,4)5)56-47(51)39-37-35-33-30-15-13-11-9-7-2/h8,10,14,16,18-19,21-22,24-25,27-28,30-33,44-45H,6-7,9,11-13,15,17,20,23,26,29,34-43H2,1-5H3/p+1/b10-8+,16-14+,19-18+,22-21+,25-24+,28-27+,32-31+,33-30+. The average Bonchev–Trinajstić information content (AvgIpc) is 3.15. The van der Waals surface area contributed by atoms with Crippen molar-refractivity contribution in [2.75, 3.05) is 41.0 Å². The summed E-state index contributed by atoms with van der Waals surface area (Å²) in [5.41, 5.74) is 0. The molecule has 2 unspecified atom stereocenters. The lowest BCUT2D eigenvalue weighted by atomic mass is 10.1. The van der Waals surface area contributed by atoms with E-state index in [-0.39, 0.29) is 49.1 Å². The first-order valence-corrected chi connectivity index (χ1v) is 21.3. The first-order chi connectivity index (χ1) is 27.1. The molecule has 0 rings (SSSR count). The van der Waals surface area contributed by atoms with Gasteiger partial charge in [-0.15, -0.1) is 0 Å². The topological polar surface area (TPSA) is 99.1 Å². The highest BCUT2D eigenvalue weighted by atomic mass is 16.6. The molecule has 2 atom stereocenters. The van der Waals surface area contributed by atoms with E-state index in [0.29, 0.717) is 19.3 Å². The van der Waals surface area contributed by atoms with Crippen LogP contribution in [-0.2, 0) is 28.6 Å². The highest BCUT2D eigenvalue weighted by Crippen LogP contribution is 2.11. The molecule has 56 heavy (non-hydrogen) atoms. The number of likely N-dealkylation sites (N-methyl/N-ethyl adjacent to an activating group) is 1. The summed E-state index contributed by atoms with van der Waals surface area (Å²) in [7, 11) is 5.48. The van der Waals surface area contributed by atoms with Gasteiger partial charge in [0.1, 0.15) is 6.61 Å². The largest absolute Gasteiger partial charge is 0.477 e. The van der Waals surface area contributed by atoms with E-state index < -0.39 is 18.1 Å². The van der Waals surface area contributed by atoms with Crippen LogP contribution in [0.2, 0.25) is 0 Å². The number of rotatable bonds is 36. The minimum Gasteiger partial charge on any atom is -0.477 e. The summed E-state index contributed by atoms with van der Waals surface area (Å²) >= 11 is 0. The van der Waals surface area contributed by atoms with Crippen LogP contribution in [0.4, 0.5) is 0 Å². The molecule has 0 aliphatic heterocycles. The second-order valence-electron chi connectivity index (χ2n) is 14.9. The van der Waals surface area contributed by atoms with Gasteiger partial charge in [-0.25, -0.2) is 4.79 Å². The third-order valence-corrected chi connectivity index (χ3v) is 8.72. The molecule has 0 aliphatic rings. The van der Waals surface area contributed by atoms with E-state index in [1.54, 1.807) is 0 Å². The Morgan fingerprint density at radius 1 is 0.554 bits per heavy atom. The van der Waals surface area contributed by atoms with E-state index in [1.807, 2.05) is 21.1 Å². The predicted octanol–water partition coefficient (Wildman–Crippen LogP) is 11.5. The van der Waals surface area contributed by atoms with Crippen molar-refractivity contribution >= 4 is 17.9 Å². The van der Waals surface area contributed by atoms with Crippen molar-refractivity contribution < 1.29 is 38.2 Å². The Bertz CT molecular complexity index is 1230. The number of aliphatic carboxylic acids is 1. The number of carboxylic acids is 1. The summed E-state index contributed by atoms with van der Waals surface area (Å²) in [5.74, 6) is -1.61. The van der Waals surface area contributed by atoms with Crippen molar-refractivity contribution in [1.82, 2.24) is 0 Å². The van der Waals surface area contributed by atoms with Crippen molar-refractivity contribution in [2.45, 2.75) is 148 Å². The summed E-state index contributed by atoms with van der Waals surface area (Å²) in [6, 6.07) is -0.631. The van der Waals surface area contributed by atoms with Gasteiger partial charge in [-0.1, -0.05) is 130 Å². The molecule has 0 aliphatic carbocycles. The van der Waals surface area contributed by atoms with Crippen LogP contribution < -0.4 is 0 Å². The van der Waals surface area contributed by atoms with Crippen molar-refractivity contribution in [3.8, 4) is 0 Å². The van der Waals surface area contributed by atoms with Gasteiger partial charge in [-0.3, -0.25) is 9.59 Å². The molecular weight excluding hydrogens is 703 g/mol. The average molecular weight is 781 g/mol. The number of ether oxygens (including phenoxy) is 3. The number of hydrogen-bond acceptors (Lipinski definition) is 6. The minimum absolute atomic E-state index is 0.0253. The Labute approximate surface area is 341 Å². The summed E-state index contributed by atoms with van der Waals surface area (Å²) in [5, 5.41) is 9.59. The molecule has 316 valence electrons. The molecule has 8 nitrogen and oxygen atoms in total. The van der Waals surface area contributed by atoms with Crippen LogP contribution >= 0.6 is 0 Å². The zero-order valence-corrected chi connectivity index (χ0v) is 35.8. The molecule has 0 amide bonds. The fourth-order valence-electron chi connectivity index (χ4n) is 5.43. The fourth-order valence-corrected chi connectivity index (χ4v) is 5.43. The number of carbonyl (C=O) groups is 3. The Kier molecular flexibility index (Phi) is 35.6. The Morgan fingerprint density at radius 3 is 1.46 bits per heavy atom. The molecule has 0 fully saturated rings.